The molecule has 0 spiro atoms. The molecule has 3 aliphatic carbocycles. The van der Waals surface area contributed by atoms with Crippen molar-refractivity contribution in [1.29, 1.82) is 0 Å². The largest absolute Gasteiger partial charge is 0.478 e. The molecule has 0 saturated heterocycles. The Morgan fingerprint density at radius 1 is 1.04 bits per heavy atom. The molecule has 0 radical (unpaired) electrons. The Morgan fingerprint density at radius 3 is 2.15 bits per heavy atom. The Bertz CT molecular complexity index is 822. The van der Waals surface area contributed by atoms with E-state index in [0.717, 1.165) is 35.4 Å². The Morgan fingerprint density at radius 2 is 1.63 bits per heavy atom. The van der Waals surface area contributed by atoms with Gasteiger partial charge in [0.15, 0.2) is 0 Å². The molecule has 3 saturated carbocycles. The van der Waals surface area contributed by atoms with Crippen LogP contribution in [0.4, 0.5) is 0 Å². The molecule has 0 aliphatic heterocycles. The molecule has 4 atom stereocenters. The molecule has 142 valence electrons. The van der Waals surface area contributed by atoms with Crippen LogP contribution in [-0.2, 0) is 6.54 Å². The number of hydrogen-bond donors (Lipinski definition) is 2. The summed E-state index contributed by atoms with van der Waals surface area (Å²) in [5.41, 5.74) is 4.32. The lowest BCUT2D eigenvalue weighted by Crippen LogP contribution is -2.59. The van der Waals surface area contributed by atoms with Gasteiger partial charge in [-0.3, -0.25) is 0 Å². The minimum absolute atomic E-state index is 0.322. The molecule has 2 N–H and O–H groups in total. The minimum Gasteiger partial charge on any atom is -0.478 e. The molecule has 2 aromatic carbocycles. The Balaban J connectivity index is 1.37. The monoisotopic (exact) mass is 363 g/mol. The van der Waals surface area contributed by atoms with Crippen LogP contribution < -0.4 is 5.32 Å². The van der Waals surface area contributed by atoms with E-state index in [1.54, 1.807) is 12.1 Å². The van der Waals surface area contributed by atoms with Crippen molar-refractivity contribution in [2.24, 2.45) is 23.2 Å². The van der Waals surface area contributed by atoms with Gasteiger partial charge in [0.2, 0.25) is 0 Å². The van der Waals surface area contributed by atoms with Crippen LogP contribution in [0.3, 0.4) is 0 Å². The molecule has 3 aliphatic rings. The van der Waals surface area contributed by atoms with Crippen LogP contribution in [0.1, 0.15) is 49.5 Å². The molecule has 0 amide bonds. The number of rotatable bonds is 5. The summed E-state index contributed by atoms with van der Waals surface area (Å²) in [6.45, 7) is 8.22. The summed E-state index contributed by atoms with van der Waals surface area (Å²) in [4.78, 5) is 11.0. The Kier molecular flexibility index (Phi) is 4.59. The van der Waals surface area contributed by atoms with Gasteiger partial charge in [0.05, 0.1) is 5.56 Å². The quantitative estimate of drug-likeness (QED) is 0.766. The van der Waals surface area contributed by atoms with Crippen molar-refractivity contribution >= 4 is 5.97 Å². The summed E-state index contributed by atoms with van der Waals surface area (Å²) in [6, 6.07) is 16.3. The second-order valence-electron chi connectivity index (χ2n) is 9.02. The number of carbonyl (C=O) groups is 1. The van der Waals surface area contributed by atoms with Crippen LogP contribution >= 0.6 is 0 Å². The van der Waals surface area contributed by atoms with Crippen LogP contribution in [-0.4, -0.2) is 17.1 Å². The van der Waals surface area contributed by atoms with E-state index in [4.69, 9.17) is 5.11 Å². The van der Waals surface area contributed by atoms with E-state index < -0.39 is 5.97 Å². The molecule has 2 aromatic rings. The fourth-order valence-corrected chi connectivity index (χ4v) is 5.29. The lowest BCUT2D eigenvalue weighted by atomic mass is 9.45. The van der Waals surface area contributed by atoms with Crippen molar-refractivity contribution in [2.45, 2.75) is 46.2 Å². The second kappa shape index (κ2) is 6.79. The molecule has 3 heteroatoms. The third kappa shape index (κ3) is 3.29. The highest BCUT2D eigenvalue weighted by Gasteiger charge is 2.55. The molecular formula is C24H29NO2. The van der Waals surface area contributed by atoms with Gasteiger partial charge < -0.3 is 10.4 Å². The van der Waals surface area contributed by atoms with E-state index in [0.29, 0.717) is 17.0 Å². The van der Waals surface area contributed by atoms with Crippen molar-refractivity contribution in [3.63, 3.8) is 0 Å². The lowest BCUT2D eigenvalue weighted by Gasteiger charge is -2.62. The van der Waals surface area contributed by atoms with Crippen LogP contribution in [0, 0.1) is 23.2 Å². The number of aromatic carboxylic acids is 1. The predicted octanol–water partition coefficient (Wildman–Crippen LogP) is 5.21. The summed E-state index contributed by atoms with van der Waals surface area (Å²) in [5, 5.41) is 12.8. The van der Waals surface area contributed by atoms with Gasteiger partial charge in [-0.15, -0.1) is 0 Å². The van der Waals surface area contributed by atoms with Gasteiger partial charge >= 0.3 is 5.97 Å². The van der Waals surface area contributed by atoms with E-state index in [2.05, 4.69) is 50.4 Å². The van der Waals surface area contributed by atoms with Gasteiger partial charge in [0.25, 0.3) is 0 Å². The maximum Gasteiger partial charge on any atom is 0.335 e. The first-order chi connectivity index (χ1) is 12.9. The van der Waals surface area contributed by atoms with Crippen molar-refractivity contribution in [1.82, 2.24) is 5.32 Å². The fourth-order valence-electron chi connectivity index (χ4n) is 5.29. The highest BCUT2D eigenvalue weighted by Crippen LogP contribution is 2.61. The third-order valence-electron chi connectivity index (χ3n) is 7.34. The molecule has 5 rings (SSSR count). The summed E-state index contributed by atoms with van der Waals surface area (Å²) < 4.78 is 0. The number of nitrogens with one attached hydrogen (secondary N) is 1. The van der Waals surface area contributed by atoms with Gasteiger partial charge in [0.1, 0.15) is 0 Å². The molecule has 0 unspecified atom stereocenters. The molecule has 3 fully saturated rings. The lowest BCUT2D eigenvalue weighted by molar-refractivity contribution is -0.115. The van der Waals surface area contributed by atoms with E-state index in [-0.39, 0.29) is 0 Å². The number of carboxylic acids is 1. The standard InChI is InChI=1S/C24H29NO2/c1-15-21-12-20(24(21,2)3)13-22(15)25-14-16-4-6-17(7-5-16)18-8-10-19(11-9-18)23(26)27/h4-11,15,20-22,25H,12-14H2,1-3H3,(H,26,27)/t15-,20+,21-,22-/m0/s1. The van der Waals surface area contributed by atoms with Crippen LogP contribution in [0.2, 0.25) is 0 Å². The molecule has 27 heavy (non-hydrogen) atoms. The molecular weight excluding hydrogens is 334 g/mol. The Labute approximate surface area is 161 Å². The first-order valence-corrected chi connectivity index (χ1v) is 10.0. The number of carboxylic acid groups (broad SMARTS) is 1. The molecule has 0 aromatic heterocycles. The molecule has 0 heterocycles. The predicted molar refractivity (Wildman–Crippen MR) is 109 cm³/mol. The minimum atomic E-state index is -0.888. The zero-order valence-electron chi connectivity index (χ0n) is 16.4. The second-order valence-corrected chi connectivity index (χ2v) is 9.02. The smallest absolute Gasteiger partial charge is 0.335 e. The zero-order valence-corrected chi connectivity index (χ0v) is 16.4. The number of benzene rings is 2. The van der Waals surface area contributed by atoms with E-state index in [9.17, 15) is 4.79 Å². The van der Waals surface area contributed by atoms with Gasteiger partial charge in [-0.1, -0.05) is 57.2 Å². The summed E-state index contributed by atoms with van der Waals surface area (Å²) >= 11 is 0. The maximum absolute atomic E-state index is 11.0. The Hall–Kier alpha value is -2.13. The van der Waals surface area contributed by atoms with E-state index >= 15 is 0 Å². The topological polar surface area (TPSA) is 49.3 Å². The van der Waals surface area contributed by atoms with Gasteiger partial charge in [-0.05, 0) is 64.8 Å². The first-order valence-electron chi connectivity index (χ1n) is 10.0. The van der Waals surface area contributed by atoms with Crippen LogP contribution in [0.5, 0.6) is 0 Å². The van der Waals surface area contributed by atoms with Crippen LogP contribution in [0.25, 0.3) is 11.1 Å². The number of fused-ring (bicyclic) bond motifs is 2. The highest BCUT2D eigenvalue weighted by atomic mass is 16.4. The van der Waals surface area contributed by atoms with Crippen molar-refractivity contribution < 1.29 is 9.90 Å². The first kappa shape index (κ1) is 18.2. The average Bonchev–Trinajstić information content (AvgIpc) is 2.67. The molecule has 3 nitrogen and oxygen atoms in total. The summed E-state index contributed by atoms with van der Waals surface area (Å²) in [7, 11) is 0. The van der Waals surface area contributed by atoms with E-state index in [1.807, 2.05) is 12.1 Å². The van der Waals surface area contributed by atoms with Gasteiger partial charge in [-0.25, -0.2) is 4.79 Å². The van der Waals surface area contributed by atoms with Gasteiger partial charge in [0, 0.05) is 12.6 Å². The number of hydrogen-bond acceptors (Lipinski definition) is 2. The van der Waals surface area contributed by atoms with Crippen molar-refractivity contribution in [3.05, 3.63) is 59.7 Å². The fraction of sp³-hybridized carbons (Fsp3) is 0.458. The normalized spacial score (nSPS) is 28.4. The summed E-state index contributed by atoms with van der Waals surface area (Å²) in [6.07, 6.45) is 2.72. The zero-order chi connectivity index (χ0) is 19.2. The van der Waals surface area contributed by atoms with Crippen molar-refractivity contribution in [3.8, 4) is 11.1 Å². The van der Waals surface area contributed by atoms with Crippen LogP contribution in [0.15, 0.2) is 48.5 Å². The van der Waals surface area contributed by atoms with Gasteiger partial charge in [-0.2, -0.15) is 0 Å². The SMILES string of the molecule is C[C@@H]1[C@@H](NCc2ccc(-c3ccc(C(=O)O)cc3)cc2)C[C@H]2C[C@@H]1C2(C)C. The van der Waals surface area contributed by atoms with Crippen molar-refractivity contribution in [2.75, 3.05) is 0 Å². The molecule has 2 bridgehead atoms. The van der Waals surface area contributed by atoms with E-state index in [1.165, 1.54) is 18.4 Å². The maximum atomic E-state index is 11.0. The highest BCUT2D eigenvalue weighted by molar-refractivity contribution is 5.88. The third-order valence-corrected chi connectivity index (χ3v) is 7.34. The average molecular weight is 364 g/mol. The summed E-state index contributed by atoms with van der Waals surface area (Å²) in [5.74, 6) is 1.61.